The smallest absolute Gasteiger partial charge is 0.408 e. The SMILES string of the molecule is CCOC(=O)[C@H](O)[C@H](NC(=O)OC(C)(C)C)c1ccco1. The molecule has 0 saturated carbocycles. The molecule has 0 aliphatic rings. The number of hydrogen-bond donors (Lipinski definition) is 2. The van der Waals surface area contributed by atoms with Crippen molar-refractivity contribution in [1.29, 1.82) is 0 Å². The van der Waals surface area contributed by atoms with Crippen LogP contribution in [0.5, 0.6) is 0 Å². The molecule has 1 aromatic rings. The Bertz CT molecular complexity index is 462. The van der Waals surface area contributed by atoms with Gasteiger partial charge in [-0.1, -0.05) is 0 Å². The number of hydrogen-bond acceptors (Lipinski definition) is 6. The standard InChI is InChI=1S/C14H21NO6/c1-5-19-12(17)11(16)10(9-7-6-8-20-9)15-13(18)21-14(2,3)4/h6-8,10-11,16H,5H2,1-4H3,(H,15,18)/t10-,11-/m1/s1. The highest BCUT2D eigenvalue weighted by molar-refractivity contribution is 5.77. The van der Waals surface area contributed by atoms with Crippen LogP contribution >= 0.6 is 0 Å². The van der Waals surface area contributed by atoms with Gasteiger partial charge in [-0.25, -0.2) is 9.59 Å². The van der Waals surface area contributed by atoms with Crippen LogP contribution in [0.2, 0.25) is 0 Å². The number of amides is 1. The first kappa shape index (κ1) is 17.0. The zero-order valence-electron chi connectivity index (χ0n) is 12.6. The van der Waals surface area contributed by atoms with Gasteiger partial charge in [0.15, 0.2) is 6.10 Å². The monoisotopic (exact) mass is 299 g/mol. The van der Waals surface area contributed by atoms with E-state index < -0.39 is 29.8 Å². The summed E-state index contributed by atoms with van der Waals surface area (Å²) in [7, 11) is 0. The van der Waals surface area contributed by atoms with Crippen molar-refractivity contribution < 1.29 is 28.6 Å². The molecule has 1 heterocycles. The van der Waals surface area contributed by atoms with Crippen LogP contribution in [0.3, 0.4) is 0 Å². The van der Waals surface area contributed by atoms with Crippen molar-refractivity contribution in [3.8, 4) is 0 Å². The number of aliphatic hydroxyl groups is 1. The van der Waals surface area contributed by atoms with Gasteiger partial charge in [0.2, 0.25) is 0 Å². The quantitative estimate of drug-likeness (QED) is 0.804. The Balaban J connectivity index is 2.84. The molecule has 1 rings (SSSR count). The van der Waals surface area contributed by atoms with Crippen LogP contribution in [0, 0.1) is 0 Å². The first-order valence-corrected chi connectivity index (χ1v) is 6.62. The van der Waals surface area contributed by atoms with Crippen LogP contribution in [-0.2, 0) is 14.3 Å². The van der Waals surface area contributed by atoms with Gasteiger partial charge in [0, 0.05) is 0 Å². The molecular weight excluding hydrogens is 278 g/mol. The lowest BCUT2D eigenvalue weighted by Crippen LogP contribution is -2.43. The summed E-state index contributed by atoms with van der Waals surface area (Å²) in [5.74, 6) is -0.628. The summed E-state index contributed by atoms with van der Waals surface area (Å²) in [4.78, 5) is 23.5. The Morgan fingerprint density at radius 2 is 2.10 bits per heavy atom. The maximum atomic E-state index is 11.8. The van der Waals surface area contributed by atoms with Crippen LogP contribution in [0.15, 0.2) is 22.8 Å². The van der Waals surface area contributed by atoms with Gasteiger partial charge in [-0.3, -0.25) is 0 Å². The number of furan rings is 1. The molecule has 7 nitrogen and oxygen atoms in total. The molecule has 0 spiro atoms. The van der Waals surface area contributed by atoms with Crippen molar-refractivity contribution in [3.63, 3.8) is 0 Å². The van der Waals surface area contributed by atoms with Gasteiger partial charge in [0.05, 0.1) is 12.9 Å². The van der Waals surface area contributed by atoms with E-state index >= 15 is 0 Å². The molecule has 0 fully saturated rings. The van der Waals surface area contributed by atoms with Crippen molar-refractivity contribution in [2.75, 3.05) is 6.61 Å². The summed E-state index contributed by atoms with van der Waals surface area (Å²) in [6, 6.07) is 2.02. The fourth-order valence-corrected chi connectivity index (χ4v) is 1.57. The molecule has 0 radical (unpaired) electrons. The summed E-state index contributed by atoms with van der Waals surface area (Å²) in [6.45, 7) is 6.85. The lowest BCUT2D eigenvalue weighted by molar-refractivity contribution is -0.155. The first-order valence-electron chi connectivity index (χ1n) is 6.62. The Hall–Kier alpha value is -2.02. The van der Waals surface area contributed by atoms with E-state index in [1.165, 1.54) is 12.3 Å². The second-order valence-electron chi connectivity index (χ2n) is 5.34. The van der Waals surface area contributed by atoms with Crippen LogP contribution in [-0.4, -0.2) is 35.5 Å². The maximum absolute atomic E-state index is 11.8. The fourth-order valence-electron chi connectivity index (χ4n) is 1.57. The molecule has 1 amide bonds. The van der Waals surface area contributed by atoms with Crippen LogP contribution in [0.25, 0.3) is 0 Å². The molecule has 1 aromatic heterocycles. The van der Waals surface area contributed by atoms with Crippen molar-refractivity contribution in [3.05, 3.63) is 24.2 Å². The third-order valence-electron chi connectivity index (χ3n) is 2.37. The average molecular weight is 299 g/mol. The topological polar surface area (TPSA) is 98.0 Å². The molecule has 0 unspecified atom stereocenters. The largest absolute Gasteiger partial charge is 0.467 e. The number of carbonyl (C=O) groups is 2. The van der Waals surface area contributed by atoms with Crippen LogP contribution in [0.4, 0.5) is 4.79 Å². The van der Waals surface area contributed by atoms with Crippen molar-refractivity contribution in [2.24, 2.45) is 0 Å². The Morgan fingerprint density at radius 3 is 2.57 bits per heavy atom. The number of nitrogens with one attached hydrogen (secondary N) is 1. The van der Waals surface area contributed by atoms with Gasteiger partial charge < -0.3 is 24.3 Å². The van der Waals surface area contributed by atoms with E-state index in [9.17, 15) is 14.7 Å². The number of rotatable bonds is 5. The molecule has 118 valence electrons. The highest BCUT2D eigenvalue weighted by Gasteiger charge is 2.33. The summed E-state index contributed by atoms with van der Waals surface area (Å²) in [6.07, 6.45) is -0.993. The second-order valence-corrected chi connectivity index (χ2v) is 5.34. The molecular formula is C14H21NO6. The van der Waals surface area contributed by atoms with Gasteiger partial charge >= 0.3 is 12.1 Å². The van der Waals surface area contributed by atoms with Gasteiger partial charge in [0.25, 0.3) is 0 Å². The third-order valence-corrected chi connectivity index (χ3v) is 2.37. The van der Waals surface area contributed by atoms with E-state index in [4.69, 9.17) is 13.9 Å². The predicted molar refractivity (Wildman–Crippen MR) is 73.5 cm³/mol. The number of aliphatic hydroxyl groups excluding tert-OH is 1. The molecule has 0 bridgehead atoms. The molecule has 0 aromatic carbocycles. The summed E-state index contributed by atoms with van der Waals surface area (Å²) >= 11 is 0. The lowest BCUT2D eigenvalue weighted by atomic mass is 10.1. The fraction of sp³-hybridized carbons (Fsp3) is 0.571. The van der Waals surface area contributed by atoms with Crippen molar-refractivity contribution >= 4 is 12.1 Å². The summed E-state index contributed by atoms with van der Waals surface area (Å²) in [5.41, 5.74) is -0.702. The molecule has 21 heavy (non-hydrogen) atoms. The first-order chi connectivity index (χ1) is 9.74. The van der Waals surface area contributed by atoms with Crippen LogP contribution < -0.4 is 5.32 Å². The van der Waals surface area contributed by atoms with E-state index in [1.54, 1.807) is 33.8 Å². The molecule has 0 aliphatic carbocycles. The Kier molecular flexibility index (Phi) is 5.78. The third kappa shape index (κ3) is 5.47. The van der Waals surface area contributed by atoms with Gasteiger partial charge in [-0.15, -0.1) is 0 Å². The normalized spacial score (nSPS) is 14.1. The molecule has 0 aliphatic heterocycles. The molecule has 7 heteroatoms. The van der Waals surface area contributed by atoms with E-state index in [0.29, 0.717) is 0 Å². The minimum Gasteiger partial charge on any atom is -0.467 e. The second kappa shape index (κ2) is 7.12. The van der Waals surface area contributed by atoms with E-state index in [-0.39, 0.29) is 12.4 Å². The van der Waals surface area contributed by atoms with E-state index in [2.05, 4.69) is 5.32 Å². The van der Waals surface area contributed by atoms with Gasteiger partial charge in [-0.05, 0) is 39.8 Å². The Morgan fingerprint density at radius 1 is 1.43 bits per heavy atom. The lowest BCUT2D eigenvalue weighted by Gasteiger charge is -2.24. The van der Waals surface area contributed by atoms with Crippen molar-refractivity contribution in [1.82, 2.24) is 5.32 Å². The predicted octanol–water partition coefficient (Wildman–Crippen LogP) is 1.77. The van der Waals surface area contributed by atoms with Gasteiger partial charge in [0.1, 0.15) is 17.4 Å². The number of ether oxygens (including phenoxy) is 2. The number of carbonyl (C=O) groups excluding carboxylic acids is 2. The zero-order chi connectivity index (χ0) is 16.0. The number of esters is 1. The van der Waals surface area contributed by atoms with Crippen LogP contribution in [0.1, 0.15) is 39.5 Å². The zero-order valence-corrected chi connectivity index (χ0v) is 12.6. The van der Waals surface area contributed by atoms with Crippen molar-refractivity contribution in [2.45, 2.75) is 45.4 Å². The number of alkyl carbamates (subject to hydrolysis) is 1. The summed E-state index contributed by atoms with van der Waals surface area (Å²) in [5, 5.41) is 12.4. The molecule has 2 atom stereocenters. The van der Waals surface area contributed by atoms with Gasteiger partial charge in [-0.2, -0.15) is 0 Å². The minimum absolute atomic E-state index is 0.118. The molecule has 2 N–H and O–H groups in total. The highest BCUT2D eigenvalue weighted by Crippen LogP contribution is 2.20. The summed E-state index contributed by atoms with van der Waals surface area (Å²) < 4.78 is 15.0. The van der Waals surface area contributed by atoms with E-state index in [1.807, 2.05) is 0 Å². The Labute approximate surface area is 123 Å². The maximum Gasteiger partial charge on any atom is 0.408 e. The minimum atomic E-state index is -1.59. The van der Waals surface area contributed by atoms with E-state index in [0.717, 1.165) is 0 Å². The highest BCUT2D eigenvalue weighted by atomic mass is 16.6. The molecule has 0 saturated heterocycles. The average Bonchev–Trinajstić information content (AvgIpc) is 2.86.